The molecule has 0 bridgehead atoms. The number of hydrogen-bond acceptors (Lipinski definition) is 5. The van der Waals surface area contributed by atoms with Crippen LogP contribution >= 0.6 is 23.4 Å². The Hall–Kier alpha value is -3.88. The number of benzene rings is 3. The zero-order valence-corrected chi connectivity index (χ0v) is 24.5. The van der Waals surface area contributed by atoms with Gasteiger partial charge in [-0.2, -0.15) is 0 Å². The number of rotatable bonds is 9. The maximum absolute atomic E-state index is 13.0. The van der Waals surface area contributed by atoms with Crippen LogP contribution in [0.25, 0.3) is 23.2 Å². The van der Waals surface area contributed by atoms with E-state index in [1.807, 2.05) is 112 Å². The summed E-state index contributed by atoms with van der Waals surface area (Å²) in [6, 6.07) is 27.3. The number of halogens is 1. The first-order valence-electron chi connectivity index (χ1n) is 13.7. The number of nitrogens with zero attached hydrogens (tertiary/aromatic N) is 5. The summed E-state index contributed by atoms with van der Waals surface area (Å²) in [6.45, 7) is 3.63. The molecule has 41 heavy (non-hydrogen) atoms. The molecule has 3 aromatic carbocycles. The van der Waals surface area contributed by atoms with Gasteiger partial charge in [-0.05, 0) is 61.4 Å². The minimum Gasteiger partial charge on any atom is -0.339 e. The lowest BCUT2D eigenvalue weighted by molar-refractivity contribution is -0.139. The molecule has 0 saturated carbocycles. The van der Waals surface area contributed by atoms with Crippen LogP contribution in [-0.2, 0) is 9.59 Å². The molecule has 0 aliphatic carbocycles. The number of amides is 2. The van der Waals surface area contributed by atoms with Crippen molar-refractivity contribution in [2.24, 2.45) is 0 Å². The fraction of sp³-hybridized carbons (Fsp3) is 0.250. The molecule has 0 N–H and O–H groups in total. The van der Waals surface area contributed by atoms with Crippen LogP contribution in [0.3, 0.4) is 0 Å². The minimum atomic E-state index is -0.0364. The van der Waals surface area contributed by atoms with E-state index in [4.69, 9.17) is 11.6 Å². The van der Waals surface area contributed by atoms with Crippen molar-refractivity contribution in [2.75, 3.05) is 25.4 Å². The van der Waals surface area contributed by atoms with E-state index < -0.39 is 0 Å². The van der Waals surface area contributed by atoms with Crippen LogP contribution in [0.5, 0.6) is 0 Å². The molecule has 1 saturated heterocycles. The lowest BCUT2D eigenvalue weighted by atomic mass is 10.1. The van der Waals surface area contributed by atoms with Crippen LogP contribution in [0.15, 0.2) is 96.2 Å². The molecule has 0 spiro atoms. The number of carbonyl (C=O) groups excluding carboxylic acids is 2. The van der Waals surface area contributed by atoms with E-state index in [2.05, 4.69) is 10.2 Å². The summed E-state index contributed by atoms with van der Waals surface area (Å²) in [7, 11) is 0. The molecule has 9 heteroatoms. The number of aromatic nitrogens is 3. The number of thioether (sulfide) groups is 1. The van der Waals surface area contributed by atoms with Crippen molar-refractivity contribution in [3.63, 3.8) is 0 Å². The van der Waals surface area contributed by atoms with Crippen molar-refractivity contribution < 1.29 is 9.59 Å². The number of hydrogen-bond donors (Lipinski definition) is 0. The van der Waals surface area contributed by atoms with Gasteiger partial charge in [0, 0.05) is 60.2 Å². The van der Waals surface area contributed by atoms with Gasteiger partial charge in [-0.25, -0.2) is 0 Å². The van der Waals surface area contributed by atoms with Crippen molar-refractivity contribution in [2.45, 2.75) is 31.0 Å². The van der Waals surface area contributed by atoms with Crippen molar-refractivity contribution in [3.8, 4) is 17.1 Å². The fourth-order valence-electron chi connectivity index (χ4n) is 4.84. The van der Waals surface area contributed by atoms with E-state index in [1.54, 1.807) is 17.8 Å². The first-order valence-corrected chi connectivity index (χ1v) is 15.1. The molecule has 2 heterocycles. The quantitative estimate of drug-likeness (QED) is 0.132. The Labute approximate surface area is 249 Å². The third kappa shape index (κ3) is 7.26. The second-order valence-corrected chi connectivity index (χ2v) is 11.4. The van der Waals surface area contributed by atoms with Crippen LogP contribution < -0.4 is 0 Å². The Morgan fingerprint density at radius 1 is 0.951 bits per heavy atom. The van der Waals surface area contributed by atoms with E-state index >= 15 is 0 Å². The summed E-state index contributed by atoms with van der Waals surface area (Å²) in [4.78, 5) is 29.5. The molecule has 1 aromatic heterocycles. The first kappa shape index (κ1) is 28.6. The first-order chi connectivity index (χ1) is 20.0. The lowest BCUT2D eigenvalue weighted by Gasteiger charge is -2.39. The van der Waals surface area contributed by atoms with E-state index in [0.717, 1.165) is 40.0 Å². The molecule has 2 amide bonds. The van der Waals surface area contributed by atoms with E-state index in [9.17, 15) is 9.59 Å². The number of piperazine rings is 1. The van der Waals surface area contributed by atoms with Crippen LogP contribution in [-0.4, -0.2) is 67.8 Å². The van der Waals surface area contributed by atoms with E-state index in [-0.39, 0.29) is 17.9 Å². The van der Waals surface area contributed by atoms with Crippen molar-refractivity contribution in [1.29, 1.82) is 0 Å². The average molecular weight is 586 g/mol. The zero-order valence-electron chi connectivity index (χ0n) is 22.9. The van der Waals surface area contributed by atoms with Gasteiger partial charge in [-0.3, -0.25) is 14.2 Å². The normalized spacial score (nSPS) is 15.4. The summed E-state index contributed by atoms with van der Waals surface area (Å²) in [6.07, 6.45) is 4.62. The zero-order chi connectivity index (χ0) is 28.6. The highest BCUT2D eigenvalue weighted by Crippen LogP contribution is 2.29. The van der Waals surface area contributed by atoms with Gasteiger partial charge in [-0.1, -0.05) is 71.9 Å². The van der Waals surface area contributed by atoms with Crippen molar-refractivity contribution in [3.05, 3.63) is 102 Å². The minimum absolute atomic E-state index is 0.0228. The molecule has 7 nitrogen and oxygen atoms in total. The average Bonchev–Trinajstić information content (AvgIpc) is 3.43. The third-order valence-corrected chi connectivity index (χ3v) is 8.26. The summed E-state index contributed by atoms with van der Waals surface area (Å²) in [5, 5.41) is 10.4. The molecular formula is C32H32ClN5O2S. The van der Waals surface area contributed by atoms with Gasteiger partial charge in [0.15, 0.2) is 11.0 Å². The highest BCUT2D eigenvalue weighted by Gasteiger charge is 2.28. The highest BCUT2D eigenvalue weighted by molar-refractivity contribution is 7.99. The Kier molecular flexibility index (Phi) is 9.54. The standard InChI is InChI=1S/C32H32ClN5O2S/c1-24-23-36(20-21-37(24)30(40)19-14-25-9-4-2-5-10-25)29(39)13-8-22-41-32-35-34-31(26-15-17-27(33)18-16-26)38(32)28-11-6-3-7-12-28/h2-7,9-12,14-19,24H,8,13,20-23H2,1H3. The molecule has 1 fully saturated rings. The van der Waals surface area contributed by atoms with Gasteiger partial charge in [-0.15, -0.1) is 10.2 Å². The molecule has 210 valence electrons. The molecular weight excluding hydrogens is 554 g/mol. The van der Waals surface area contributed by atoms with Crippen LogP contribution in [0, 0.1) is 0 Å². The van der Waals surface area contributed by atoms with Crippen LogP contribution in [0.2, 0.25) is 5.02 Å². The monoisotopic (exact) mass is 585 g/mol. The van der Waals surface area contributed by atoms with Crippen molar-refractivity contribution >= 4 is 41.3 Å². The SMILES string of the molecule is CC1CN(C(=O)CCCSc2nnc(-c3ccc(Cl)cc3)n2-c2ccccc2)CCN1C(=O)C=Cc1ccccc1. The van der Waals surface area contributed by atoms with Gasteiger partial charge < -0.3 is 9.80 Å². The summed E-state index contributed by atoms with van der Waals surface area (Å²) < 4.78 is 2.04. The van der Waals surface area contributed by atoms with Gasteiger partial charge in [0.25, 0.3) is 0 Å². The van der Waals surface area contributed by atoms with Gasteiger partial charge >= 0.3 is 0 Å². The maximum atomic E-state index is 13.0. The maximum Gasteiger partial charge on any atom is 0.246 e. The number of para-hydroxylation sites is 1. The molecule has 1 atom stereocenters. The second kappa shape index (κ2) is 13.7. The predicted octanol–water partition coefficient (Wildman–Crippen LogP) is 6.23. The molecule has 1 aliphatic heterocycles. The molecule has 4 aromatic rings. The smallest absolute Gasteiger partial charge is 0.246 e. The number of carbonyl (C=O) groups is 2. The topological polar surface area (TPSA) is 71.3 Å². The molecule has 1 aliphatic rings. The summed E-state index contributed by atoms with van der Waals surface area (Å²) in [5.41, 5.74) is 2.89. The van der Waals surface area contributed by atoms with E-state index in [1.165, 1.54) is 0 Å². The third-order valence-electron chi connectivity index (χ3n) is 7.00. The summed E-state index contributed by atoms with van der Waals surface area (Å²) in [5.74, 6) is 1.57. The Balaban J connectivity index is 1.14. The Morgan fingerprint density at radius 3 is 2.37 bits per heavy atom. The predicted molar refractivity (Wildman–Crippen MR) is 165 cm³/mol. The Morgan fingerprint density at radius 2 is 1.66 bits per heavy atom. The highest BCUT2D eigenvalue weighted by atomic mass is 35.5. The van der Waals surface area contributed by atoms with Gasteiger partial charge in [0.1, 0.15) is 0 Å². The molecule has 0 radical (unpaired) electrons. The second-order valence-electron chi connectivity index (χ2n) is 9.90. The van der Waals surface area contributed by atoms with Crippen LogP contribution in [0.1, 0.15) is 25.3 Å². The lowest BCUT2D eigenvalue weighted by Crippen LogP contribution is -2.55. The fourth-order valence-corrected chi connectivity index (χ4v) is 5.86. The van der Waals surface area contributed by atoms with Crippen LogP contribution in [0.4, 0.5) is 0 Å². The Bertz CT molecular complexity index is 1490. The molecule has 1 unspecified atom stereocenters. The summed E-state index contributed by atoms with van der Waals surface area (Å²) >= 11 is 7.68. The van der Waals surface area contributed by atoms with E-state index in [0.29, 0.717) is 31.1 Å². The van der Waals surface area contributed by atoms with Crippen molar-refractivity contribution in [1.82, 2.24) is 24.6 Å². The van der Waals surface area contributed by atoms with Gasteiger partial charge in [0.05, 0.1) is 0 Å². The van der Waals surface area contributed by atoms with Gasteiger partial charge in [0.2, 0.25) is 11.8 Å². The largest absolute Gasteiger partial charge is 0.339 e. The molecule has 5 rings (SSSR count).